The quantitative estimate of drug-likeness (QED) is 0.519. The van der Waals surface area contributed by atoms with E-state index in [0.717, 1.165) is 15.7 Å². The van der Waals surface area contributed by atoms with Crippen LogP contribution in [0.1, 0.15) is 22.3 Å². The molecule has 0 aliphatic carbocycles. The number of halogens is 3. The van der Waals surface area contributed by atoms with E-state index in [1.165, 1.54) is 16.1 Å². The molecule has 1 aromatic heterocycles. The Morgan fingerprint density at radius 1 is 1.17 bits per heavy atom. The van der Waals surface area contributed by atoms with Crippen molar-refractivity contribution in [3.63, 3.8) is 0 Å². The zero-order chi connectivity index (χ0) is 21.5. The number of aromatic nitrogens is 3. The molecule has 1 amide bonds. The number of hydrogen-bond donors (Lipinski definition) is 1. The van der Waals surface area contributed by atoms with Gasteiger partial charge in [0.15, 0.2) is 0 Å². The van der Waals surface area contributed by atoms with Gasteiger partial charge in [-0.05, 0) is 59.3 Å². The third kappa shape index (κ3) is 3.43. The van der Waals surface area contributed by atoms with E-state index >= 15 is 0 Å². The number of carbonyl (C=O) groups excluding carboxylic acids is 1. The lowest BCUT2D eigenvalue weighted by atomic mass is 9.98. The number of benzene rings is 2. The van der Waals surface area contributed by atoms with E-state index < -0.39 is 23.4 Å². The largest absolute Gasteiger partial charge is 0.350 e. The number of fused-ring (bicyclic) bond motifs is 1. The fourth-order valence-corrected chi connectivity index (χ4v) is 4.16. The lowest BCUT2D eigenvalue weighted by Crippen LogP contribution is -2.63. The second kappa shape index (κ2) is 7.91. The number of aryl methyl sites for hydroxylation is 1. The Morgan fingerprint density at radius 2 is 1.97 bits per heavy atom. The van der Waals surface area contributed by atoms with E-state index in [2.05, 4.69) is 32.7 Å². The summed E-state index contributed by atoms with van der Waals surface area (Å²) in [6.45, 7) is 0.566. The van der Waals surface area contributed by atoms with Gasteiger partial charge < -0.3 is 10.0 Å². The van der Waals surface area contributed by atoms with Crippen LogP contribution in [0.2, 0.25) is 0 Å². The summed E-state index contributed by atoms with van der Waals surface area (Å²) < 4.78 is 30.8. The van der Waals surface area contributed by atoms with Crippen molar-refractivity contribution in [2.75, 3.05) is 18.5 Å². The van der Waals surface area contributed by atoms with Gasteiger partial charge in [0.2, 0.25) is 0 Å². The van der Waals surface area contributed by atoms with Crippen LogP contribution in [0.25, 0.3) is 0 Å². The second-order valence-electron chi connectivity index (χ2n) is 6.95. The van der Waals surface area contributed by atoms with Gasteiger partial charge in [0.1, 0.15) is 24.3 Å². The number of nitrogens with zero attached hydrogens (tertiary/aromatic N) is 5. The summed E-state index contributed by atoms with van der Waals surface area (Å²) in [6, 6.07) is 8.14. The topological polar surface area (TPSA) is 74.5 Å². The molecule has 0 fully saturated rings. The van der Waals surface area contributed by atoms with Gasteiger partial charge in [0.25, 0.3) is 11.8 Å². The summed E-state index contributed by atoms with van der Waals surface area (Å²) in [7, 11) is 1.58. The lowest BCUT2D eigenvalue weighted by Gasteiger charge is -2.50. The standard InChI is InChI=1S/C20H18F2IN5O2/c1-26-18-10-14(23)4-5-15(18)19(29)28(8-2-7-27-12-24-11-25-27)20(26,30)16-6-3-13(21)9-17(16)22/h3-6,9-12,30H,2,7-8H2,1H3. The summed E-state index contributed by atoms with van der Waals surface area (Å²) in [6.07, 6.45) is 3.39. The number of hydrogen-bond acceptors (Lipinski definition) is 5. The minimum atomic E-state index is -2.13. The molecule has 0 saturated carbocycles. The fourth-order valence-electron chi connectivity index (χ4n) is 3.68. The Balaban J connectivity index is 1.78. The van der Waals surface area contributed by atoms with Crippen molar-refractivity contribution in [1.29, 1.82) is 0 Å². The van der Waals surface area contributed by atoms with Crippen molar-refractivity contribution in [2.45, 2.75) is 18.8 Å². The first-order valence-corrected chi connectivity index (χ1v) is 10.3. The molecule has 0 bridgehead atoms. The number of carbonyl (C=O) groups is 1. The zero-order valence-electron chi connectivity index (χ0n) is 16.0. The van der Waals surface area contributed by atoms with E-state index in [4.69, 9.17) is 0 Å². The SMILES string of the molecule is CN1c2cc(I)ccc2C(=O)N(CCCn2cncn2)C1(O)c1ccc(F)cc1F. The maximum absolute atomic E-state index is 14.8. The van der Waals surface area contributed by atoms with Crippen LogP contribution >= 0.6 is 22.6 Å². The number of aliphatic hydroxyl groups is 1. The normalized spacial score (nSPS) is 18.6. The van der Waals surface area contributed by atoms with E-state index in [1.807, 2.05) is 0 Å². The first-order valence-electron chi connectivity index (χ1n) is 9.18. The first-order chi connectivity index (χ1) is 14.3. The van der Waals surface area contributed by atoms with Gasteiger partial charge >= 0.3 is 0 Å². The monoisotopic (exact) mass is 525 g/mol. The van der Waals surface area contributed by atoms with Crippen molar-refractivity contribution >= 4 is 34.2 Å². The average Bonchev–Trinajstić information content (AvgIpc) is 3.22. The van der Waals surface area contributed by atoms with Crippen LogP contribution in [-0.2, 0) is 12.4 Å². The highest BCUT2D eigenvalue weighted by molar-refractivity contribution is 14.1. The van der Waals surface area contributed by atoms with Gasteiger partial charge in [-0.25, -0.2) is 13.8 Å². The lowest BCUT2D eigenvalue weighted by molar-refractivity contribution is -0.0992. The summed E-state index contributed by atoms with van der Waals surface area (Å²) >= 11 is 2.10. The molecule has 4 rings (SSSR count). The summed E-state index contributed by atoms with van der Waals surface area (Å²) in [5.41, 5.74) is 0.654. The van der Waals surface area contributed by atoms with Gasteiger partial charge in [-0.2, -0.15) is 5.10 Å². The zero-order valence-corrected chi connectivity index (χ0v) is 18.1. The second-order valence-corrected chi connectivity index (χ2v) is 8.19. The van der Waals surface area contributed by atoms with Crippen LogP contribution < -0.4 is 4.90 Å². The van der Waals surface area contributed by atoms with Crippen LogP contribution in [0, 0.1) is 15.2 Å². The van der Waals surface area contributed by atoms with Gasteiger partial charge in [0, 0.05) is 29.8 Å². The smallest absolute Gasteiger partial charge is 0.259 e. The molecule has 0 saturated heterocycles. The van der Waals surface area contributed by atoms with Crippen molar-refractivity contribution < 1.29 is 18.7 Å². The highest BCUT2D eigenvalue weighted by Crippen LogP contribution is 2.42. The van der Waals surface area contributed by atoms with Gasteiger partial charge in [-0.1, -0.05) is 0 Å². The fraction of sp³-hybridized carbons (Fsp3) is 0.250. The molecule has 1 N–H and O–H groups in total. The van der Waals surface area contributed by atoms with Crippen LogP contribution in [0.15, 0.2) is 49.1 Å². The molecule has 1 aliphatic heterocycles. The first kappa shape index (κ1) is 20.7. The Hall–Kier alpha value is -2.60. The van der Waals surface area contributed by atoms with Crippen LogP contribution in [0.3, 0.4) is 0 Å². The molecule has 0 spiro atoms. The Labute approximate surface area is 185 Å². The van der Waals surface area contributed by atoms with Crippen molar-refractivity contribution in [3.8, 4) is 0 Å². The molecule has 2 aromatic carbocycles. The summed E-state index contributed by atoms with van der Waals surface area (Å²) in [4.78, 5) is 19.9. The van der Waals surface area contributed by atoms with E-state index in [0.29, 0.717) is 30.3 Å². The molecule has 7 nitrogen and oxygen atoms in total. The molecule has 1 atom stereocenters. The van der Waals surface area contributed by atoms with Crippen molar-refractivity contribution in [3.05, 3.63) is 75.4 Å². The third-order valence-electron chi connectivity index (χ3n) is 5.17. The minimum absolute atomic E-state index is 0.113. The van der Waals surface area contributed by atoms with E-state index in [-0.39, 0.29) is 12.1 Å². The third-order valence-corrected chi connectivity index (χ3v) is 5.84. The van der Waals surface area contributed by atoms with Crippen molar-refractivity contribution in [2.24, 2.45) is 0 Å². The molecule has 30 heavy (non-hydrogen) atoms. The van der Waals surface area contributed by atoms with Crippen LogP contribution in [-0.4, -0.2) is 44.3 Å². The van der Waals surface area contributed by atoms with Crippen LogP contribution in [0.5, 0.6) is 0 Å². The Morgan fingerprint density at radius 3 is 2.67 bits per heavy atom. The maximum atomic E-state index is 14.8. The predicted molar refractivity (Wildman–Crippen MR) is 113 cm³/mol. The van der Waals surface area contributed by atoms with E-state index in [9.17, 15) is 18.7 Å². The van der Waals surface area contributed by atoms with E-state index in [1.54, 1.807) is 36.3 Å². The van der Waals surface area contributed by atoms with Gasteiger partial charge in [-0.3, -0.25) is 14.4 Å². The predicted octanol–water partition coefficient (Wildman–Crippen LogP) is 2.95. The molecule has 1 unspecified atom stereocenters. The summed E-state index contributed by atoms with van der Waals surface area (Å²) in [5, 5.41) is 15.8. The Kier molecular flexibility index (Phi) is 5.45. The molecule has 0 radical (unpaired) electrons. The number of rotatable bonds is 5. The minimum Gasteiger partial charge on any atom is -0.350 e. The number of amides is 1. The molecule has 10 heteroatoms. The molecule has 2 heterocycles. The van der Waals surface area contributed by atoms with Crippen LogP contribution in [0.4, 0.5) is 14.5 Å². The average molecular weight is 525 g/mol. The highest BCUT2D eigenvalue weighted by Gasteiger charge is 2.50. The molecular formula is C20H18F2IN5O2. The molecule has 1 aliphatic rings. The van der Waals surface area contributed by atoms with Crippen molar-refractivity contribution in [1.82, 2.24) is 19.7 Å². The molecule has 3 aromatic rings. The molecular weight excluding hydrogens is 507 g/mol. The van der Waals surface area contributed by atoms with Gasteiger partial charge in [-0.15, -0.1) is 0 Å². The highest BCUT2D eigenvalue weighted by atomic mass is 127. The summed E-state index contributed by atoms with van der Waals surface area (Å²) in [5.74, 6) is -4.27. The van der Waals surface area contributed by atoms with Gasteiger partial charge in [0.05, 0.1) is 16.8 Å². The maximum Gasteiger partial charge on any atom is 0.259 e. The molecule has 156 valence electrons. The number of anilines is 1. The Bertz CT molecular complexity index is 1090.